The van der Waals surface area contributed by atoms with Crippen LogP contribution >= 0.6 is 0 Å². The summed E-state index contributed by atoms with van der Waals surface area (Å²) in [5.41, 5.74) is 9.38. The van der Waals surface area contributed by atoms with Crippen LogP contribution < -0.4 is 10.6 Å². The number of rotatable bonds is 3. The molecule has 0 unspecified atom stereocenters. The van der Waals surface area contributed by atoms with E-state index in [9.17, 15) is 20.6 Å². The van der Waals surface area contributed by atoms with Gasteiger partial charge in [-0.3, -0.25) is 14.5 Å². The van der Waals surface area contributed by atoms with Gasteiger partial charge in [0.2, 0.25) is 0 Å². The van der Waals surface area contributed by atoms with Crippen LogP contribution in [0.25, 0.3) is 27.8 Å². The zero-order valence-corrected chi connectivity index (χ0v) is 18.5. The van der Waals surface area contributed by atoms with E-state index in [0.29, 0.717) is 27.9 Å². The first kappa shape index (κ1) is 21.2. The van der Waals surface area contributed by atoms with Crippen LogP contribution in [0.1, 0.15) is 37.3 Å². The summed E-state index contributed by atoms with van der Waals surface area (Å²) in [5, 5.41) is 32.2. The number of nitrogens with zero attached hydrogens (tertiary/aromatic N) is 6. The number of piperidine rings is 1. The lowest BCUT2D eigenvalue weighted by atomic mass is 9.94. The lowest BCUT2D eigenvalue weighted by Gasteiger charge is -2.35. The molecule has 1 fully saturated rings. The van der Waals surface area contributed by atoms with Gasteiger partial charge in [0, 0.05) is 24.2 Å². The molecule has 1 saturated heterocycles. The predicted octanol–water partition coefficient (Wildman–Crippen LogP) is 4.77. The molecule has 1 aliphatic rings. The van der Waals surface area contributed by atoms with Crippen molar-refractivity contribution >= 4 is 33.9 Å². The fourth-order valence-electron chi connectivity index (χ4n) is 4.95. The fraction of sp³-hybridized carbons (Fsp3) is 0.240. The van der Waals surface area contributed by atoms with Gasteiger partial charge >= 0.3 is 0 Å². The van der Waals surface area contributed by atoms with E-state index >= 15 is 0 Å². The van der Waals surface area contributed by atoms with Crippen molar-refractivity contribution in [3.8, 4) is 23.3 Å². The summed E-state index contributed by atoms with van der Waals surface area (Å²) >= 11 is 0. The highest BCUT2D eigenvalue weighted by Crippen LogP contribution is 2.40. The van der Waals surface area contributed by atoms with Crippen LogP contribution in [0.4, 0.5) is 17.2 Å². The van der Waals surface area contributed by atoms with Crippen molar-refractivity contribution in [1.82, 2.24) is 9.38 Å². The number of hydrogen-bond acceptors (Lipinski definition) is 7. The standard InChI is InChI=1S/C25H21N7O2/c1-15-6-4-5-11-30(15)21-10-9-16(12-22(21)32(33)34)23-17(13-26)24(28)31-20-8-3-2-7-19(20)29-25(31)18(23)14-27/h2-3,7-10,12,15H,4-6,11,28H2,1H3/t15-/m0/s1. The quantitative estimate of drug-likeness (QED) is 0.350. The number of aromatic nitrogens is 2. The lowest BCUT2D eigenvalue weighted by molar-refractivity contribution is -0.384. The van der Waals surface area contributed by atoms with E-state index in [4.69, 9.17) is 5.73 Å². The Morgan fingerprint density at radius 2 is 1.91 bits per heavy atom. The summed E-state index contributed by atoms with van der Waals surface area (Å²) in [7, 11) is 0. The summed E-state index contributed by atoms with van der Waals surface area (Å²) in [6.07, 6.45) is 3.04. The lowest BCUT2D eigenvalue weighted by Crippen LogP contribution is -2.37. The average molecular weight is 451 g/mol. The Morgan fingerprint density at radius 3 is 2.62 bits per heavy atom. The van der Waals surface area contributed by atoms with Crippen molar-refractivity contribution < 1.29 is 4.92 Å². The maximum Gasteiger partial charge on any atom is 0.293 e. The minimum Gasteiger partial charge on any atom is -0.384 e. The number of hydrogen-bond donors (Lipinski definition) is 1. The molecule has 0 bridgehead atoms. The number of imidazole rings is 1. The predicted molar refractivity (Wildman–Crippen MR) is 129 cm³/mol. The Hall–Kier alpha value is -4.63. The molecule has 2 N–H and O–H groups in total. The minimum atomic E-state index is -0.413. The Balaban J connectivity index is 1.80. The van der Waals surface area contributed by atoms with Gasteiger partial charge < -0.3 is 10.6 Å². The zero-order chi connectivity index (χ0) is 24.0. The third-order valence-corrected chi connectivity index (χ3v) is 6.58. The molecule has 1 atom stereocenters. The molecule has 1 aliphatic heterocycles. The van der Waals surface area contributed by atoms with Gasteiger partial charge in [-0.05, 0) is 49.9 Å². The number of nitriles is 2. The first-order valence-electron chi connectivity index (χ1n) is 11.0. The van der Waals surface area contributed by atoms with Gasteiger partial charge in [-0.25, -0.2) is 4.98 Å². The Bertz CT molecular complexity index is 1560. The number of nitro groups is 1. The summed E-state index contributed by atoms with van der Waals surface area (Å²) in [5.74, 6) is 0.136. The molecule has 9 nitrogen and oxygen atoms in total. The first-order valence-corrected chi connectivity index (χ1v) is 11.0. The van der Waals surface area contributed by atoms with Crippen molar-refractivity contribution in [3.05, 3.63) is 63.7 Å². The van der Waals surface area contributed by atoms with E-state index in [-0.39, 0.29) is 34.2 Å². The van der Waals surface area contributed by atoms with Crippen molar-refractivity contribution in [2.45, 2.75) is 32.2 Å². The maximum atomic E-state index is 12.1. The van der Waals surface area contributed by atoms with Crippen LogP contribution in [-0.4, -0.2) is 26.9 Å². The van der Waals surface area contributed by atoms with Gasteiger partial charge in [0.1, 0.15) is 34.8 Å². The van der Waals surface area contributed by atoms with E-state index in [1.807, 2.05) is 18.2 Å². The molecule has 2 aromatic heterocycles. The van der Waals surface area contributed by atoms with Crippen LogP contribution in [0, 0.1) is 32.8 Å². The van der Waals surface area contributed by atoms with Crippen molar-refractivity contribution in [1.29, 1.82) is 10.5 Å². The highest BCUT2D eigenvalue weighted by molar-refractivity contribution is 5.93. The number of nitro benzene ring substituents is 1. The van der Waals surface area contributed by atoms with Crippen molar-refractivity contribution in [3.63, 3.8) is 0 Å². The molecule has 4 aromatic rings. The summed E-state index contributed by atoms with van der Waals surface area (Å²) in [6.45, 7) is 2.81. The third-order valence-electron chi connectivity index (χ3n) is 6.58. The number of anilines is 2. The molecule has 9 heteroatoms. The zero-order valence-electron chi connectivity index (χ0n) is 18.5. The van der Waals surface area contributed by atoms with Gasteiger partial charge in [-0.2, -0.15) is 10.5 Å². The number of pyridine rings is 1. The van der Waals surface area contributed by atoms with E-state index in [0.717, 1.165) is 25.8 Å². The molecule has 3 heterocycles. The monoisotopic (exact) mass is 451 g/mol. The molecule has 5 rings (SSSR count). The SMILES string of the molecule is C[C@H]1CCCCN1c1ccc(-c2c(C#N)c(N)n3c(nc4ccccc43)c2C#N)cc1[N+](=O)[O-]. The minimum absolute atomic E-state index is 0.0639. The van der Waals surface area contributed by atoms with Crippen LogP contribution in [-0.2, 0) is 0 Å². The maximum absolute atomic E-state index is 12.1. The molecule has 34 heavy (non-hydrogen) atoms. The molecule has 0 amide bonds. The summed E-state index contributed by atoms with van der Waals surface area (Å²) in [6, 6.07) is 16.6. The van der Waals surface area contributed by atoms with E-state index in [1.165, 1.54) is 6.07 Å². The molecule has 0 saturated carbocycles. The number of nitrogen functional groups attached to an aromatic ring is 1. The second kappa shape index (κ2) is 8.05. The van der Waals surface area contributed by atoms with Crippen LogP contribution in [0.3, 0.4) is 0 Å². The Morgan fingerprint density at radius 1 is 1.15 bits per heavy atom. The number of benzene rings is 2. The van der Waals surface area contributed by atoms with Crippen LogP contribution in [0.5, 0.6) is 0 Å². The average Bonchev–Trinajstić information content (AvgIpc) is 3.23. The van der Waals surface area contributed by atoms with Gasteiger partial charge in [0.25, 0.3) is 5.69 Å². The second-order valence-corrected chi connectivity index (χ2v) is 8.49. The number of fused-ring (bicyclic) bond motifs is 3. The van der Waals surface area contributed by atoms with Crippen molar-refractivity contribution in [2.75, 3.05) is 17.2 Å². The first-order chi connectivity index (χ1) is 16.5. The van der Waals surface area contributed by atoms with Crippen LogP contribution in [0.2, 0.25) is 0 Å². The second-order valence-electron chi connectivity index (χ2n) is 8.49. The normalized spacial score (nSPS) is 15.9. The van der Waals surface area contributed by atoms with Crippen molar-refractivity contribution in [2.24, 2.45) is 0 Å². The Labute approximate surface area is 195 Å². The number of nitrogens with two attached hydrogens (primary N) is 1. The highest BCUT2D eigenvalue weighted by Gasteiger charge is 2.28. The topological polar surface area (TPSA) is 137 Å². The molecule has 0 aliphatic carbocycles. The van der Waals surface area contributed by atoms with E-state index < -0.39 is 4.92 Å². The molecule has 2 aromatic carbocycles. The molecule has 0 spiro atoms. The molecule has 0 radical (unpaired) electrons. The largest absolute Gasteiger partial charge is 0.384 e. The van der Waals surface area contributed by atoms with Gasteiger partial charge in [-0.15, -0.1) is 0 Å². The molecular weight excluding hydrogens is 430 g/mol. The van der Waals surface area contributed by atoms with E-state index in [1.54, 1.807) is 22.6 Å². The molecule has 168 valence electrons. The summed E-state index contributed by atoms with van der Waals surface area (Å²) < 4.78 is 1.59. The number of para-hydroxylation sites is 2. The summed E-state index contributed by atoms with van der Waals surface area (Å²) in [4.78, 5) is 18.3. The van der Waals surface area contributed by atoms with Gasteiger partial charge in [0.15, 0.2) is 5.65 Å². The Kier molecular flexibility index (Phi) is 5.03. The highest BCUT2D eigenvalue weighted by atomic mass is 16.6. The van der Waals surface area contributed by atoms with E-state index in [2.05, 4.69) is 28.9 Å². The van der Waals surface area contributed by atoms with Gasteiger partial charge in [0.05, 0.1) is 16.0 Å². The smallest absolute Gasteiger partial charge is 0.293 e. The van der Waals surface area contributed by atoms with Crippen LogP contribution in [0.15, 0.2) is 42.5 Å². The third kappa shape index (κ3) is 3.10. The molecular formula is C25H21N7O2. The van der Waals surface area contributed by atoms with Gasteiger partial charge in [-0.1, -0.05) is 18.2 Å². The fourth-order valence-corrected chi connectivity index (χ4v) is 4.95.